The zero-order valence-corrected chi connectivity index (χ0v) is 10.9. The molecule has 1 fully saturated rings. The van der Waals surface area contributed by atoms with Crippen molar-refractivity contribution in [2.24, 2.45) is 0 Å². The predicted octanol–water partition coefficient (Wildman–Crippen LogP) is 3.04. The number of aromatic nitrogens is 1. The van der Waals surface area contributed by atoms with Crippen molar-refractivity contribution in [3.63, 3.8) is 0 Å². The predicted molar refractivity (Wildman–Crippen MR) is 69.1 cm³/mol. The lowest BCUT2D eigenvalue weighted by atomic mass is 10.2. The summed E-state index contributed by atoms with van der Waals surface area (Å²) in [7, 11) is 0. The lowest BCUT2D eigenvalue weighted by Gasteiger charge is -2.10. The van der Waals surface area contributed by atoms with E-state index in [1.165, 1.54) is 25.1 Å². The molecule has 0 bridgehead atoms. The quantitative estimate of drug-likeness (QED) is 0.722. The number of pyridine rings is 1. The Morgan fingerprint density at radius 3 is 3.00 bits per heavy atom. The fourth-order valence-electron chi connectivity index (χ4n) is 1.79. The molecule has 0 amide bonds. The highest BCUT2D eigenvalue weighted by Gasteiger charge is 2.21. The number of halogens is 1. The number of hydrogen-bond donors (Lipinski definition) is 1. The average molecular weight is 252 g/mol. The molecule has 0 aromatic carbocycles. The van der Waals surface area contributed by atoms with E-state index in [9.17, 15) is 4.39 Å². The topological polar surface area (TPSA) is 34.1 Å². The van der Waals surface area contributed by atoms with Gasteiger partial charge in [0.1, 0.15) is 5.82 Å². The summed E-state index contributed by atoms with van der Waals surface area (Å²) in [5.74, 6) is 0.268. The second-order valence-electron chi connectivity index (χ2n) is 4.83. The third-order valence-electron chi connectivity index (χ3n) is 3.04. The molecule has 1 aliphatic carbocycles. The van der Waals surface area contributed by atoms with Crippen molar-refractivity contribution in [3.05, 3.63) is 23.6 Å². The average Bonchev–Trinajstić information content (AvgIpc) is 3.18. The Morgan fingerprint density at radius 1 is 1.44 bits per heavy atom. The van der Waals surface area contributed by atoms with Crippen molar-refractivity contribution in [1.29, 1.82) is 0 Å². The van der Waals surface area contributed by atoms with Gasteiger partial charge in [-0.05, 0) is 25.3 Å². The van der Waals surface area contributed by atoms with Crippen LogP contribution in [-0.2, 0) is 6.54 Å². The first-order chi connectivity index (χ1) is 8.79. The third-order valence-corrected chi connectivity index (χ3v) is 3.04. The lowest BCUT2D eigenvalue weighted by molar-refractivity contribution is 0.290. The summed E-state index contributed by atoms with van der Waals surface area (Å²) in [5, 5.41) is 3.36. The Bertz CT molecular complexity index is 380. The SMILES string of the molecule is CCCCCOc1ncc(F)cc1CNC1CC1. The highest BCUT2D eigenvalue weighted by atomic mass is 19.1. The monoisotopic (exact) mass is 252 g/mol. The zero-order chi connectivity index (χ0) is 12.8. The summed E-state index contributed by atoms with van der Waals surface area (Å²) < 4.78 is 18.8. The van der Waals surface area contributed by atoms with E-state index >= 15 is 0 Å². The van der Waals surface area contributed by atoms with Crippen LogP contribution in [0, 0.1) is 5.82 Å². The van der Waals surface area contributed by atoms with E-state index in [1.54, 1.807) is 0 Å². The minimum absolute atomic E-state index is 0.302. The summed E-state index contributed by atoms with van der Waals surface area (Å²) in [6, 6.07) is 2.11. The van der Waals surface area contributed by atoms with Gasteiger partial charge in [0, 0.05) is 18.2 Å². The standard InChI is InChI=1S/C14H21FN2O/c1-2-3-4-7-18-14-11(8-12(15)10-17-14)9-16-13-5-6-13/h8,10,13,16H,2-7,9H2,1H3. The second-order valence-corrected chi connectivity index (χ2v) is 4.83. The first-order valence-electron chi connectivity index (χ1n) is 6.80. The van der Waals surface area contributed by atoms with Gasteiger partial charge in [0.2, 0.25) is 5.88 Å². The van der Waals surface area contributed by atoms with Gasteiger partial charge >= 0.3 is 0 Å². The minimum atomic E-state index is -0.302. The van der Waals surface area contributed by atoms with Crippen LogP contribution in [0.1, 0.15) is 44.6 Å². The van der Waals surface area contributed by atoms with Crippen LogP contribution in [0.4, 0.5) is 4.39 Å². The minimum Gasteiger partial charge on any atom is -0.477 e. The number of unbranched alkanes of at least 4 members (excludes halogenated alkanes) is 2. The molecular weight excluding hydrogens is 231 g/mol. The van der Waals surface area contributed by atoms with E-state index < -0.39 is 0 Å². The molecule has 1 saturated carbocycles. The maximum Gasteiger partial charge on any atom is 0.218 e. The third kappa shape index (κ3) is 4.26. The van der Waals surface area contributed by atoms with Crippen LogP contribution in [0.5, 0.6) is 5.88 Å². The molecule has 1 aliphatic rings. The van der Waals surface area contributed by atoms with E-state index in [1.807, 2.05) is 0 Å². The normalized spacial score (nSPS) is 14.8. The van der Waals surface area contributed by atoms with E-state index in [2.05, 4.69) is 17.2 Å². The van der Waals surface area contributed by atoms with Crippen molar-refractivity contribution in [2.75, 3.05) is 6.61 Å². The molecule has 1 heterocycles. The molecular formula is C14H21FN2O. The van der Waals surface area contributed by atoms with Gasteiger partial charge in [0.25, 0.3) is 0 Å². The number of rotatable bonds is 8. The first-order valence-corrected chi connectivity index (χ1v) is 6.80. The molecule has 0 aliphatic heterocycles. The van der Waals surface area contributed by atoms with Crippen molar-refractivity contribution >= 4 is 0 Å². The van der Waals surface area contributed by atoms with Gasteiger partial charge in [-0.1, -0.05) is 19.8 Å². The lowest BCUT2D eigenvalue weighted by Crippen LogP contribution is -2.17. The van der Waals surface area contributed by atoms with Gasteiger partial charge in [-0.15, -0.1) is 0 Å². The Morgan fingerprint density at radius 2 is 2.28 bits per heavy atom. The van der Waals surface area contributed by atoms with Crippen molar-refractivity contribution in [3.8, 4) is 5.88 Å². The number of nitrogens with one attached hydrogen (secondary N) is 1. The smallest absolute Gasteiger partial charge is 0.218 e. The van der Waals surface area contributed by atoms with Crippen LogP contribution in [0.25, 0.3) is 0 Å². The van der Waals surface area contributed by atoms with Gasteiger partial charge in [-0.25, -0.2) is 9.37 Å². The van der Waals surface area contributed by atoms with Gasteiger partial charge in [0.15, 0.2) is 0 Å². The van der Waals surface area contributed by atoms with Gasteiger partial charge in [-0.3, -0.25) is 0 Å². The van der Waals surface area contributed by atoms with Crippen LogP contribution in [-0.4, -0.2) is 17.6 Å². The largest absolute Gasteiger partial charge is 0.477 e. The van der Waals surface area contributed by atoms with Gasteiger partial charge in [0.05, 0.1) is 12.8 Å². The molecule has 18 heavy (non-hydrogen) atoms. The van der Waals surface area contributed by atoms with Crippen molar-refractivity contribution in [1.82, 2.24) is 10.3 Å². The summed E-state index contributed by atoms with van der Waals surface area (Å²) in [6.07, 6.45) is 6.98. The second kappa shape index (κ2) is 6.69. The highest BCUT2D eigenvalue weighted by Crippen LogP contribution is 2.22. The maximum atomic E-state index is 13.2. The van der Waals surface area contributed by atoms with E-state index in [-0.39, 0.29) is 5.82 Å². The number of ether oxygens (including phenoxy) is 1. The molecule has 1 aromatic rings. The van der Waals surface area contributed by atoms with Crippen LogP contribution in [0.3, 0.4) is 0 Å². The van der Waals surface area contributed by atoms with Gasteiger partial charge < -0.3 is 10.1 Å². The summed E-state index contributed by atoms with van der Waals surface area (Å²) >= 11 is 0. The van der Waals surface area contributed by atoms with Crippen LogP contribution in [0.15, 0.2) is 12.3 Å². The molecule has 2 rings (SSSR count). The van der Waals surface area contributed by atoms with E-state index in [4.69, 9.17) is 4.74 Å². The van der Waals surface area contributed by atoms with Gasteiger partial charge in [-0.2, -0.15) is 0 Å². The molecule has 1 N–H and O–H groups in total. The molecule has 0 radical (unpaired) electrons. The zero-order valence-electron chi connectivity index (χ0n) is 10.9. The Labute approximate surface area is 108 Å². The number of nitrogens with zero attached hydrogens (tertiary/aromatic N) is 1. The Hall–Kier alpha value is -1.16. The fraction of sp³-hybridized carbons (Fsp3) is 0.643. The molecule has 0 unspecified atom stereocenters. The molecule has 100 valence electrons. The summed E-state index contributed by atoms with van der Waals surface area (Å²) in [6.45, 7) is 3.45. The summed E-state index contributed by atoms with van der Waals surface area (Å²) in [5.41, 5.74) is 0.818. The number of hydrogen-bond acceptors (Lipinski definition) is 3. The van der Waals surface area contributed by atoms with Crippen LogP contribution in [0.2, 0.25) is 0 Å². The Kier molecular flexibility index (Phi) is 4.93. The molecule has 0 atom stereocenters. The Balaban J connectivity index is 1.88. The van der Waals surface area contributed by atoms with E-state index in [0.717, 1.165) is 24.8 Å². The molecule has 4 heteroatoms. The maximum absolute atomic E-state index is 13.2. The van der Waals surface area contributed by atoms with Crippen LogP contribution >= 0.6 is 0 Å². The highest BCUT2D eigenvalue weighted by molar-refractivity contribution is 5.26. The van der Waals surface area contributed by atoms with Crippen molar-refractivity contribution in [2.45, 2.75) is 51.6 Å². The van der Waals surface area contributed by atoms with Crippen molar-refractivity contribution < 1.29 is 9.13 Å². The molecule has 3 nitrogen and oxygen atoms in total. The molecule has 1 aromatic heterocycles. The molecule has 0 saturated heterocycles. The summed E-state index contributed by atoms with van der Waals surface area (Å²) in [4.78, 5) is 4.04. The first kappa shape index (κ1) is 13.3. The fourth-order valence-corrected chi connectivity index (χ4v) is 1.79. The van der Waals surface area contributed by atoms with E-state index in [0.29, 0.717) is 25.1 Å². The molecule has 0 spiro atoms. The van der Waals surface area contributed by atoms with Crippen LogP contribution < -0.4 is 10.1 Å².